The predicted octanol–water partition coefficient (Wildman–Crippen LogP) is -1.41. The maximum atomic E-state index is 11.7. The molecule has 1 amide bonds. The number of amides is 1. The summed E-state index contributed by atoms with van der Waals surface area (Å²) in [6, 6.07) is -0.645. The van der Waals surface area contributed by atoms with Crippen molar-refractivity contribution in [1.29, 1.82) is 0 Å². The maximum absolute atomic E-state index is 11.7. The summed E-state index contributed by atoms with van der Waals surface area (Å²) < 4.78 is 1.62. The van der Waals surface area contributed by atoms with Crippen LogP contribution in [0, 0.1) is 0 Å². The van der Waals surface area contributed by atoms with Crippen LogP contribution in [0.1, 0.15) is 12.2 Å². The molecule has 8 nitrogen and oxygen atoms in total. The summed E-state index contributed by atoms with van der Waals surface area (Å²) in [5.74, 6) is -0.522. The molecule has 1 atom stereocenters. The van der Waals surface area contributed by atoms with E-state index in [1.54, 1.807) is 11.7 Å². The van der Waals surface area contributed by atoms with Gasteiger partial charge in [-0.3, -0.25) is 19.2 Å². The first-order valence-corrected chi connectivity index (χ1v) is 5.64. The van der Waals surface area contributed by atoms with Crippen molar-refractivity contribution < 1.29 is 14.7 Å². The number of hydrogen-bond donors (Lipinski definition) is 2. The smallest absolute Gasteiger partial charge is 0.305 e. The molecule has 1 fully saturated rings. The molecule has 8 heteroatoms. The lowest BCUT2D eigenvalue weighted by atomic mass is 10.1. The van der Waals surface area contributed by atoms with Gasteiger partial charge in [0.15, 0.2) is 0 Å². The number of rotatable bonds is 4. The van der Waals surface area contributed by atoms with E-state index in [1.165, 1.54) is 6.33 Å². The van der Waals surface area contributed by atoms with Crippen LogP contribution in [0.3, 0.4) is 0 Å². The Bertz CT molecular complexity index is 458. The third-order valence-electron chi connectivity index (χ3n) is 2.96. The number of carbonyl (C=O) groups is 2. The molecule has 1 aromatic rings. The third-order valence-corrected chi connectivity index (χ3v) is 2.96. The van der Waals surface area contributed by atoms with Gasteiger partial charge < -0.3 is 10.4 Å². The topological polar surface area (TPSA) is 100 Å². The fraction of sp³-hybridized carbons (Fsp3) is 0.600. The minimum Gasteiger partial charge on any atom is -0.481 e. The van der Waals surface area contributed by atoms with E-state index in [4.69, 9.17) is 5.11 Å². The van der Waals surface area contributed by atoms with Gasteiger partial charge in [-0.15, -0.1) is 0 Å². The van der Waals surface area contributed by atoms with Gasteiger partial charge in [0, 0.05) is 20.1 Å². The molecule has 98 valence electrons. The molecule has 0 saturated carbocycles. The largest absolute Gasteiger partial charge is 0.481 e. The number of carboxylic acid groups (broad SMARTS) is 1. The monoisotopic (exact) mass is 253 g/mol. The Morgan fingerprint density at radius 1 is 1.67 bits per heavy atom. The van der Waals surface area contributed by atoms with E-state index in [9.17, 15) is 9.59 Å². The standard InChI is InChI=1S/C10H15N5O3/c1-14-8(12-6-13-14)5-15-3-2-11-10(18)7(15)4-9(16)17/h6-7H,2-5H2,1H3,(H,11,18)(H,16,17). The van der Waals surface area contributed by atoms with Gasteiger partial charge in [-0.05, 0) is 0 Å². The van der Waals surface area contributed by atoms with Gasteiger partial charge in [0.05, 0.1) is 13.0 Å². The summed E-state index contributed by atoms with van der Waals surface area (Å²) in [5.41, 5.74) is 0. The Hall–Kier alpha value is -1.96. The quantitative estimate of drug-likeness (QED) is 0.684. The zero-order valence-electron chi connectivity index (χ0n) is 10.0. The van der Waals surface area contributed by atoms with E-state index < -0.39 is 12.0 Å². The van der Waals surface area contributed by atoms with E-state index in [1.807, 2.05) is 4.90 Å². The summed E-state index contributed by atoms with van der Waals surface area (Å²) in [7, 11) is 1.76. The highest BCUT2D eigenvalue weighted by atomic mass is 16.4. The number of aromatic nitrogens is 3. The molecule has 2 heterocycles. The number of hydrogen-bond acceptors (Lipinski definition) is 5. The molecular formula is C10H15N5O3. The number of carboxylic acids is 1. The second-order valence-electron chi connectivity index (χ2n) is 4.18. The molecule has 2 rings (SSSR count). The van der Waals surface area contributed by atoms with Crippen LogP contribution in [0.2, 0.25) is 0 Å². The first-order valence-electron chi connectivity index (χ1n) is 5.64. The molecule has 0 aliphatic carbocycles. The predicted molar refractivity (Wildman–Crippen MR) is 60.5 cm³/mol. The maximum Gasteiger partial charge on any atom is 0.305 e. The summed E-state index contributed by atoms with van der Waals surface area (Å²) in [6.45, 7) is 1.55. The number of carbonyl (C=O) groups excluding carboxylic acids is 1. The van der Waals surface area contributed by atoms with Gasteiger partial charge >= 0.3 is 5.97 Å². The van der Waals surface area contributed by atoms with Crippen LogP contribution < -0.4 is 5.32 Å². The summed E-state index contributed by atoms with van der Waals surface area (Å²) in [6.07, 6.45) is 1.23. The molecule has 0 spiro atoms. The van der Waals surface area contributed by atoms with E-state index in [2.05, 4.69) is 15.4 Å². The van der Waals surface area contributed by atoms with E-state index >= 15 is 0 Å². The molecule has 1 unspecified atom stereocenters. The van der Waals surface area contributed by atoms with Gasteiger partial charge in [0.2, 0.25) is 5.91 Å². The third kappa shape index (κ3) is 2.65. The fourth-order valence-electron chi connectivity index (χ4n) is 1.98. The Labute approximate surface area is 104 Å². The van der Waals surface area contributed by atoms with Crippen molar-refractivity contribution in [2.24, 2.45) is 7.05 Å². The minimum atomic E-state index is -0.986. The SMILES string of the molecule is Cn1ncnc1CN1CCNC(=O)C1CC(=O)O. The highest BCUT2D eigenvalue weighted by Gasteiger charge is 2.32. The summed E-state index contributed by atoms with van der Waals surface area (Å²) >= 11 is 0. The van der Waals surface area contributed by atoms with Crippen molar-refractivity contribution in [3.63, 3.8) is 0 Å². The zero-order chi connectivity index (χ0) is 13.1. The van der Waals surface area contributed by atoms with Crippen molar-refractivity contribution in [1.82, 2.24) is 25.0 Å². The van der Waals surface area contributed by atoms with Crippen LogP contribution in [-0.4, -0.2) is 55.8 Å². The van der Waals surface area contributed by atoms with Crippen LogP contribution >= 0.6 is 0 Å². The summed E-state index contributed by atoms with van der Waals surface area (Å²) in [5, 5.41) is 15.5. The van der Waals surface area contributed by atoms with Crippen molar-refractivity contribution in [3.8, 4) is 0 Å². The second-order valence-corrected chi connectivity index (χ2v) is 4.18. The molecule has 1 aliphatic heterocycles. The van der Waals surface area contributed by atoms with Gasteiger partial charge in [0.1, 0.15) is 18.2 Å². The van der Waals surface area contributed by atoms with E-state index in [0.29, 0.717) is 25.5 Å². The molecule has 1 saturated heterocycles. The van der Waals surface area contributed by atoms with Gasteiger partial charge in [-0.1, -0.05) is 0 Å². The molecule has 18 heavy (non-hydrogen) atoms. The fourth-order valence-corrected chi connectivity index (χ4v) is 1.98. The first kappa shape index (κ1) is 12.5. The average molecular weight is 253 g/mol. The lowest BCUT2D eigenvalue weighted by Crippen LogP contribution is -2.55. The Morgan fingerprint density at radius 3 is 3.06 bits per heavy atom. The second kappa shape index (κ2) is 5.13. The van der Waals surface area contributed by atoms with Crippen molar-refractivity contribution in [2.75, 3.05) is 13.1 Å². The Balaban J connectivity index is 2.10. The molecule has 2 N–H and O–H groups in total. The molecule has 0 radical (unpaired) electrons. The van der Waals surface area contributed by atoms with Crippen LogP contribution in [0.4, 0.5) is 0 Å². The summed E-state index contributed by atoms with van der Waals surface area (Å²) in [4.78, 5) is 28.4. The highest BCUT2D eigenvalue weighted by Crippen LogP contribution is 2.12. The van der Waals surface area contributed by atoms with Crippen molar-refractivity contribution >= 4 is 11.9 Å². The van der Waals surface area contributed by atoms with E-state index in [0.717, 1.165) is 0 Å². The van der Waals surface area contributed by atoms with Gasteiger partial charge in [-0.2, -0.15) is 5.10 Å². The van der Waals surface area contributed by atoms with Gasteiger partial charge in [0.25, 0.3) is 0 Å². The normalized spacial score (nSPS) is 20.7. The lowest BCUT2D eigenvalue weighted by molar-refractivity contribution is -0.143. The number of nitrogens with one attached hydrogen (secondary N) is 1. The molecule has 1 aliphatic rings. The highest BCUT2D eigenvalue weighted by molar-refractivity contribution is 5.86. The van der Waals surface area contributed by atoms with Crippen molar-refractivity contribution in [2.45, 2.75) is 19.0 Å². The van der Waals surface area contributed by atoms with Crippen LogP contribution in [0.5, 0.6) is 0 Å². The number of aliphatic carboxylic acids is 1. The van der Waals surface area contributed by atoms with Crippen LogP contribution in [0.15, 0.2) is 6.33 Å². The first-order chi connectivity index (χ1) is 8.58. The average Bonchev–Trinajstić information content (AvgIpc) is 2.69. The number of nitrogens with zero attached hydrogens (tertiary/aromatic N) is 4. The molecule has 1 aromatic heterocycles. The Morgan fingerprint density at radius 2 is 2.44 bits per heavy atom. The van der Waals surface area contributed by atoms with Crippen molar-refractivity contribution in [3.05, 3.63) is 12.2 Å². The Kier molecular flexibility index (Phi) is 3.56. The van der Waals surface area contributed by atoms with Crippen LogP contribution in [0.25, 0.3) is 0 Å². The molecular weight excluding hydrogens is 238 g/mol. The lowest BCUT2D eigenvalue weighted by Gasteiger charge is -2.33. The minimum absolute atomic E-state index is 0.205. The number of aryl methyl sites for hydroxylation is 1. The van der Waals surface area contributed by atoms with Gasteiger partial charge in [-0.25, -0.2) is 4.98 Å². The molecule has 0 aromatic carbocycles. The van der Waals surface area contributed by atoms with E-state index in [-0.39, 0.29) is 12.3 Å². The number of piperazine rings is 1. The molecule has 0 bridgehead atoms. The zero-order valence-corrected chi connectivity index (χ0v) is 10.0. The van der Waals surface area contributed by atoms with Crippen LogP contribution in [-0.2, 0) is 23.2 Å².